The van der Waals surface area contributed by atoms with Gasteiger partial charge in [-0.05, 0) is 48.2 Å². The van der Waals surface area contributed by atoms with Gasteiger partial charge in [0.1, 0.15) is 25.8 Å². The van der Waals surface area contributed by atoms with E-state index in [2.05, 4.69) is 21.2 Å². The fourth-order valence-corrected chi connectivity index (χ4v) is 6.22. The highest BCUT2D eigenvalue weighted by Crippen LogP contribution is 2.35. The fraction of sp³-hybridized carbons (Fsp3) is 0.375. The highest BCUT2D eigenvalue weighted by atomic mass is 79.9. The largest absolute Gasteiger partial charge is 0.486 e. The van der Waals surface area contributed by atoms with Crippen LogP contribution in [0.1, 0.15) is 31.9 Å². The molecule has 1 atom stereocenters. The van der Waals surface area contributed by atoms with Gasteiger partial charge in [0.15, 0.2) is 11.5 Å². The lowest BCUT2D eigenvalue weighted by Gasteiger charge is -2.34. The predicted octanol–water partition coefficient (Wildman–Crippen LogP) is 4.79. The van der Waals surface area contributed by atoms with Gasteiger partial charge in [-0.2, -0.15) is 0 Å². The molecule has 43 heavy (non-hydrogen) atoms. The van der Waals surface area contributed by atoms with Crippen molar-refractivity contribution in [3.8, 4) is 11.5 Å². The molecular formula is C32H38BrN3O6S. The SMILES string of the molecule is CCS(=O)(=O)N(CC(=O)N(Cc1cccc(Br)c1)[C@H](Cc1ccccc1)C(=O)NCC(C)C)c1ccc2c(c1)OCCO2. The maximum atomic E-state index is 14.3. The van der Waals surface area contributed by atoms with Gasteiger partial charge in [0.2, 0.25) is 21.8 Å². The van der Waals surface area contributed by atoms with Gasteiger partial charge in [-0.1, -0.05) is 72.2 Å². The average Bonchev–Trinajstić information content (AvgIpc) is 3.00. The van der Waals surface area contributed by atoms with E-state index in [0.29, 0.717) is 31.3 Å². The van der Waals surface area contributed by atoms with E-state index in [0.717, 1.165) is 19.9 Å². The summed E-state index contributed by atoms with van der Waals surface area (Å²) < 4.78 is 40.0. The number of ether oxygens (including phenoxy) is 2. The lowest BCUT2D eigenvalue weighted by molar-refractivity contribution is -0.140. The quantitative estimate of drug-likeness (QED) is 0.280. The standard InChI is InChI=1S/C32H38BrN3O6S/c1-4-43(39,40)36(27-13-14-29-30(19-27)42-16-15-41-29)22-31(37)35(21-25-11-8-12-26(33)17-25)28(32(38)34-20-23(2)3)18-24-9-6-5-7-10-24/h5-14,17,19,23,28H,4,15-16,18,20-22H2,1-3H3,(H,34,38)/t28-/m1/s1. The van der Waals surface area contributed by atoms with Gasteiger partial charge in [0, 0.05) is 30.0 Å². The summed E-state index contributed by atoms with van der Waals surface area (Å²) in [6.45, 7) is 6.31. The van der Waals surface area contributed by atoms with Crippen LogP contribution in [0.5, 0.6) is 11.5 Å². The Morgan fingerprint density at radius 1 is 0.930 bits per heavy atom. The highest BCUT2D eigenvalue weighted by Gasteiger charge is 2.34. The van der Waals surface area contributed by atoms with Crippen molar-refractivity contribution in [2.24, 2.45) is 5.92 Å². The van der Waals surface area contributed by atoms with E-state index < -0.39 is 28.5 Å². The van der Waals surface area contributed by atoms with E-state index in [1.807, 2.05) is 68.4 Å². The third-order valence-corrected chi connectivity index (χ3v) is 9.23. The number of rotatable bonds is 13. The molecule has 0 radical (unpaired) electrons. The second kappa shape index (κ2) is 14.7. The summed E-state index contributed by atoms with van der Waals surface area (Å²) in [5.41, 5.74) is 1.96. The van der Waals surface area contributed by atoms with E-state index in [1.54, 1.807) is 18.2 Å². The summed E-state index contributed by atoms with van der Waals surface area (Å²) in [5.74, 6) is 0.0983. The van der Waals surface area contributed by atoms with Crippen LogP contribution < -0.4 is 19.1 Å². The topological polar surface area (TPSA) is 105 Å². The van der Waals surface area contributed by atoms with Crippen LogP contribution >= 0.6 is 15.9 Å². The Labute approximate surface area is 262 Å². The highest BCUT2D eigenvalue weighted by molar-refractivity contribution is 9.10. The lowest BCUT2D eigenvalue weighted by Crippen LogP contribution is -2.54. The molecule has 0 unspecified atom stereocenters. The zero-order valence-corrected chi connectivity index (χ0v) is 27.1. The Bertz CT molecular complexity index is 1520. The van der Waals surface area contributed by atoms with E-state index in [9.17, 15) is 18.0 Å². The Kier molecular flexibility index (Phi) is 11.1. The van der Waals surface area contributed by atoms with Crippen molar-refractivity contribution >= 4 is 43.5 Å². The number of nitrogens with zero attached hydrogens (tertiary/aromatic N) is 2. The number of nitrogens with one attached hydrogen (secondary N) is 1. The molecule has 3 aromatic carbocycles. The number of fused-ring (bicyclic) bond motifs is 1. The van der Waals surface area contributed by atoms with Crippen molar-refractivity contribution < 1.29 is 27.5 Å². The molecule has 1 aliphatic rings. The summed E-state index contributed by atoms with van der Waals surface area (Å²) in [7, 11) is -3.89. The lowest BCUT2D eigenvalue weighted by atomic mass is 10.0. The van der Waals surface area contributed by atoms with Crippen molar-refractivity contribution in [3.63, 3.8) is 0 Å². The Hall–Kier alpha value is -3.57. The summed E-state index contributed by atoms with van der Waals surface area (Å²) >= 11 is 3.49. The molecule has 1 heterocycles. The van der Waals surface area contributed by atoms with Crippen LogP contribution in [0.2, 0.25) is 0 Å². The number of amides is 2. The van der Waals surface area contributed by atoms with Crippen molar-refractivity contribution in [1.29, 1.82) is 0 Å². The number of carbonyl (C=O) groups is 2. The minimum absolute atomic E-state index is 0.103. The summed E-state index contributed by atoms with van der Waals surface area (Å²) in [5, 5.41) is 2.99. The third-order valence-electron chi connectivity index (χ3n) is 6.99. The number of carbonyl (C=O) groups excluding carboxylic acids is 2. The zero-order chi connectivity index (χ0) is 31.0. The maximum Gasteiger partial charge on any atom is 0.244 e. The molecule has 4 rings (SSSR count). The normalized spacial score (nSPS) is 13.3. The zero-order valence-electron chi connectivity index (χ0n) is 24.7. The van der Waals surface area contributed by atoms with E-state index in [1.165, 1.54) is 11.8 Å². The van der Waals surface area contributed by atoms with Gasteiger partial charge in [0.25, 0.3) is 0 Å². The van der Waals surface area contributed by atoms with Crippen molar-refractivity contribution in [2.75, 3.05) is 36.4 Å². The first-order chi connectivity index (χ1) is 20.6. The van der Waals surface area contributed by atoms with Crippen LogP contribution in [0.25, 0.3) is 0 Å². The molecule has 3 aromatic rings. The van der Waals surface area contributed by atoms with Gasteiger partial charge in [0.05, 0.1) is 11.4 Å². The molecule has 0 aliphatic carbocycles. The molecular weight excluding hydrogens is 634 g/mol. The monoisotopic (exact) mass is 671 g/mol. The van der Waals surface area contributed by atoms with E-state index in [4.69, 9.17) is 9.47 Å². The molecule has 2 amide bonds. The second-order valence-electron chi connectivity index (χ2n) is 10.7. The van der Waals surface area contributed by atoms with Gasteiger partial charge in [-0.25, -0.2) is 8.42 Å². The summed E-state index contributed by atoms with van der Waals surface area (Å²) in [4.78, 5) is 29.5. The molecule has 1 N–H and O–H groups in total. The smallest absolute Gasteiger partial charge is 0.244 e. The van der Waals surface area contributed by atoms with Crippen molar-refractivity contribution in [1.82, 2.24) is 10.2 Å². The van der Waals surface area contributed by atoms with Gasteiger partial charge in [-0.15, -0.1) is 0 Å². The van der Waals surface area contributed by atoms with Gasteiger partial charge < -0.3 is 19.7 Å². The molecule has 0 saturated heterocycles. The summed E-state index contributed by atoms with van der Waals surface area (Å²) in [6.07, 6.45) is 0.259. The number of anilines is 1. The maximum absolute atomic E-state index is 14.3. The number of sulfonamides is 1. The van der Waals surface area contributed by atoms with Crippen molar-refractivity contribution in [3.05, 3.63) is 88.4 Å². The minimum atomic E-state index is -3.89. The summed E-state index contributed by atoms with van der Waals surface area (Å²) in [6, 6.07) is 20.9. The number of benzene rings is 3. The van der Waals surface area contributed by atoms with Crippen molar-refractivity contribution in [2.45, 2.75) is 39.8 Å². The molecule has 0 aromatic heterocycles. The molecule has 230 valence electrons. The van der Waals surface area contributed by atoms with Crippen LogP contribution in [0, 0.1) is 5.92 Å². The number of halogens is 1. The number of hydrogen-bond donors (Lipinski definition) is 1. The van der Waals surface area contributed by atoms with Crippen LogP contribution in [0.3, 0.4) is 0 Å². The van der Waals surface area contributed by atoms with Crippen LogP contribution in [0.15, 0.2) is 77.3 Å². The molecule has 11 heteroatoms. The van der Waals surface area contributed by atoms with Gasteiger partial charge >= 0.3 is 0 Å². The first-order valence-corrected chi connectivity index (χ1v) is 16.7. The first kappa shape index (κ1) is 32.3. The molecule has 0 spiro atoms. The first-order valence-electron chi connectivity index (χ1n) is 14.3. The van der Waals surface area contributed by atoms with Crippen LogP contribution in [-0.4, -0.2) is 63.2 Å². The fourth-order valence-electron chi connectivity index (χ4n) is 4.72. The Balaban J connectivity index is 1.74. The average molecular weight is 673 g/mol. The van der Waals surface area contributed by atoms with Crippen LogP contribution in [0.4, 0.5) is 5.69 Å². The van der Waals surface area contributed by atoms with Gasteiger partial charge in [-0.3, -0.25) is 13.9 Å². The Morgan fingerprint density at radius 2 is 1.63 bits per heavy atom. The van der Waals surface area contributed by atoms with Crippen LogP contribution in [-0.2, 0) is 32.6 Å². The molecule has 0 fully saturated rings. The molecule has 0 bridgehead atoms. The molecule has 0 saturated carbocycles. The molecule has 1 aliphatic heterocycles. The second-order valence-corrected chi connectivity index (χ2v) is 13.8. The number of hydrogen-bond acceptors (Lipinski definition) is 6. The molecule has 9 nitrogen and oxygen atoms in total. The van der Waals surface area contributed by atoms with E-state index in [-0.39, 0.29) is 36.2 Å². The predicted molar refractivity (Wildman–Crippen MR) is 171 cm³/mol. The third kappa shape index (κ3) is 8.73. The minimum Gasteiger partial charge on any atom is -0.486 e. The van der Waals surface area contributed by atoms with E-state index >= 15 is 0 Å². The Morgan fingerprint density at radius 3 is 2.30 bits per heavy atom.